The monoisotopic (exact) mass is 337 g/mol. The molecule has 1 fully saturated rings. The van der Waals surface area contributed by atoms with Gasteiger partial charge < -0.3 is 10.4 Å². The van der Waals surface area contributed by atoms with Crippen LogP contribution in [0.5, 0.6) is 0 Å². The standard InChI is InChI=1S/C13H15ClF3N3O2/c14-9-2-3-10(18-6-9)19-11(21)7-20-5-1-4-12(22,8-20)13(15,16)17/h2-3,6,22H,1,4-5,7-8H2,(H,18,19,21). The van der Waals surface area contributed by atoms with Gasteiger partial charge in [0.2, 0.25) is 5.91 Å². The van der Waals surface area contributed by atoms with E-state index in [-0.39, 0.29) is 25.2 Å². The van der Waals surface area contributed by atoms with Crippen LogP contribution in [0, 0.1) is 0 Å². The molecule has 0 aromatic carbocycles. The minimum Gasteiger partial charge on any atom is -0.379 e. The first-order chi connectivity index (χ1) is 10.2. The number of nitrogens with zero attached hydrogens (tertiary/aromatic N) is 2. The molecule has 1 aliphatic rings. The van der Waals surface area contributed by atoms with Crippen molar-refractivity contribution in [2.24, 2.45) is 0 Å². The second-order valence-electron chi connectivity index (χ2n) is 5.25. The molecule has 122 valence electrons. The zero-order chi connectivity index (χ0) is 16.4. The summed E-state index contributed by atoms with van der Waals surface area (Å²) in [7, 11) is 0. The molecule has 0 aliphatic carbocycles. The topological polar surface area (TPSA) is 65.5 Å². The van der Waals surface area contributed by atoms with E-state index in [1.54, 1.807) is 0 Å². The molecular weight excluding hydrogens is 323 g/mol. The van der Waals surface area contributed by atoms with Crippen molar-refractivity contribution in [2.75, 3.05) is 25.0 Å². The minimum absolute atomic E-state index is 0.169. The minimum atomic E-state index is -4.71. The Kier molecular flexibility index (Phi) is 4.93. The Labute approximate surface area is 130 Å². The molecule has 2 heterocycles. The number of hydrogen-bond acceptors (Lipinski definition) is 4. The van der Waals surface area contributed by atoms with Crippen molar-refractivity contribution >= 4 is 23.3 Å². The lowest BCUT2D eigenvalue weighted by Gasteiger charge is -2.39. The Hall–Kier alpha value is -1.38. The van der Waals surface area contributed by atoms with Crippen LogP contribution in [0.4, 0.5) is 19.0 Å². The number of nitrogens with one attached hydrogen (secondary N) is 1. The molecule has 1 saturated heterocycles. The van der Waals surface area contributed by atoms with Crippen molar-refractivity contribution in [3.05, 3.63) is 23.4 Å². The van der Waals surface area contributed by atoms with Crippen LogP contribution in [0.15, 0.2) is 18.3 Å². The van der Waals surface area contributed by atoms with Gasteiger partial charge >= 0.3 is 6.18 Å². The maximum absolute atomic E-state index is 12.8. The number of aromatic nitrogens is 1. The van der Waals surface area contributed by atoms with Crippen LogP contribution >= 0.6 is 11.6 Å². The molecule has 1 aromatic rings. The number of alkyl halides is 3. The third-order valence-corrected chi connectivity index (χ3v) is 3.66. The van der Waals surface area contributed by atoms with Gasteiger partial charge in [0.15, 0.2) is 5.60 Å². The fourth-order valence-corrected chi connectivity index (χ4v) is 2.44. The number of carbonyl (C=O) groups is 1. The summed E-state index contributed by atoms with van der Waals surface area (Å²) in [6, 6.07) is 3.02. The largest absolute Gasteiger partial charge is 0.418 e. The van der Waals surface area contributed by atoms with E-state index in [4.69, 9.17) is 11.6 Å². The molecule has 1 aliphatic heterocycles. The highest BCUT2D eigenvalue weighted by Crippen LogP contribution is 2.37. The molecule has 5 nitrogen and oxygen atoms in total. The summed E-state index contributed by atoms with van der Waals surface area (Å²) in [5, 5.41) is 12.6. The van der Waals surface area contributed by atoms with Crippen LogP contribution < -0.4 is 5.32 Å². The normalized spacial score (nSPS) is 23.3. The predicted molar refractivity (Wildman–Crippen MR) is 74.6 cm³/mol. The van der Waals surface area contributed by atoms with Crippen LogP contribution in [-0.4, -0.2) is 52.3 Å². The van der Waals surface area contributed by atoms with Crippen LogP contribution in [0.2, 0.25) is 5.02 Å². The number of hydrogen-bond donors (Lipinski definition) is 2. The molecule has 1 unspecified atom stereocenters. The first-order valence-electron chi connectivity index (χ1n) is 6.62. The number of carbonyl (C=O) groups excluding carboxylic acids is 1. The van der Waals surface area contributed by atoms with Gasteiger partial charge in [0, 0.05) is 12.7 Å². The maximum Gasteiger partial charge on any atom is 0.418 e. The van der Waals surface area contributed by atoms with Gasteiger partial charge in [0.25, 0.3) is 0 Å². The Morgan fingerprint density at radius 3 is 2.82 bits per heavy atom. The summed E-state index contributed by atoms with van der Waals surface area (Å²) in [4.78, 5) is 17.0. The average Bonchev–Trinajstić information content (AvgIpc) is 2.40. The van der Waals surface area contributed by atoms with Crippen LogP contribution in [0.3, 0.4) is 0 Å². The summed E-state index contributed by atoms with van der Waals surface area (Å²) in [5.41, 5.74) is -2.76. The first kappa shape index (κ1) is 17.0. The quantitative estimate of drug-likeness (QED) is 0.886. The molecule has 1 atom stereocenters. The van der Waals surface area contributed by atoms with Gasteiger partial charge in [-0.05, 0) is 31.5 Å². The van der Waals surface area contributed by atoms with Gasteiger partial charge in [0.1, 0.15) is 5.82 Å². The van der Waals surface area contributed by atoms with Crippen molar-refractivity contribution in [3.63, 3.8) is 0 Å². The van der Waals surface area contributed by atoms with Gasteiger partial charge in [-0.3, -0.25) is 9.69 Å². The van der Waals surface area contributed by atoms with Gasteiger partial charge in [-0.25, -0.2) is 4.98 Å². The number of β-amino-alcohol motifs (C(OH)–C–C–N with tert-alkyl or cyclic N) is 1. The zero-order valence-corrected chi connectivity index (χ0v) is 12.3. The second kappa shape index (κ2) is 6.39. The second-order valence-corrected chi connectivity index (χ2v) is 5.69. The molecule has 2 N–H and O–H groups in total. The van der Waals surface area contributed by atoms with Gasteiger partial charge in [0.05, 0.1) is 11.6 Å². The van der Waals surface area contributed by atoms with Crippen molar-refractivity contribution < 1.29 is 23.1 Å². The molecule has 1 aromatic heterocycles. The Morgan fingerprint density at radius 2 is 2.23 bits per heavy atom. The lowest BCUT2D eigenvalue weighted by Crippen LogP contribution is -2.57. The lowest BCUT2D eigenvalue weighted by molar-refractivity contribution is -0.273. The summed E-state index contributed by atoms with van der Waals surface area (Å²) in [6.45, 7) is -0.541. The number of anilines is 1. The van der Waals surface area contributed by atoms with E-state index < -0.39 is 24.2 Å². The predicted octanol–water partition coefficient (Wildman–Crippen LogP) is 2.06. The van der Waals surface area contributed by atoms with E-state index in [1.807, 2.05) is 0 Å². The van der Waals surface area contributed by atoms with E-state index in [0.717, 1.165) is 0 Å². The number of halogens is 4. The smallest absolute Gasteiger partial charge is 0.379 e. The molecule has 22 heavy (non-hydrogen) atoms. The fourth-order valence-electron chi connectivity index (χ4n) is 2.32. The van der Waals surface area contributed by atoms with E-state index in [1.165, 1.54) is 23.2 Å². The molecular formula is C13H15ClF3N3O2. The number of pyridine rings is 1. The van der Waals surface area contributed by atoms with Crippen molar-refractivity contribution in [1.29, 1.82) is 0 Å². The SMILES string of the molecule is O=C(CN1CCCC(O)(C(F)(F)F)C1)Nc1ccc(Cl)cn1. The van der Waals surface area contributed by atoms with Crippen LogP contribution in [0.25, 0.3) is 0 Å². The highest BCUT2D eigenvalue weighted by molar-refractivity contribution is 6.30. The number of likely N-dealkylation sites (tertiary alicyclic amines) is 1. The van der Waals surface area contributed by atoms with E-state index in [2.05, 4.69) is 10.3 Å². The Morgan fingerprint density at radius 1 is 1.50 bits per heavy atom. The summed E-state index contributed by atoms with van der Waals surface area (Å²) < 4.78 is 38.5. The Balaban J connectivity index is 1.92. The number of rotatable bonds is 3. The van der Waals surface area contributed by atoms with Gasteiger partial charge in [-0.15, -0.1) is 0 Å². The van der Waals surface area contributed by atoms with Crippen LogP contribution in [0.1, 0.15) is 12.8 Å². The average molecular weight is 338 g/mol. The highest BCUT2D eigenvalue weighted by Gasteiger charge is 2.55. The van der Waals surface area contributed by atoms with Gasteiger partial charge in [-0.2, -0.15) is 13.2 Å². The van der Waals surface area contributed by atoms with E-state index >= 15 is 0 Å². The summed E-state index contributed by atoms with van der Waals surface area (Å²) in [5.74, 6) is -0.237. The molecule has 0 spiro atoms. The fraction of sp³-hybridized carbons (Fsp3) is 0.538. The molecule has 0 saturated carbocycles. The van der Waals surface area contributed by atoms with Crippen molar-refractivity contribution in [2.45, 2.75) is 24.6 Å². The summed E-state index contributed by atoms with van der Waals surface area (Å²) >= 11 is 5.66. The maximum atomic E-state index is 12.8. The van der Waals surface area contributed by atoms with E-state index in [0.29, 0.717) is 11.6 Å². The lowest BCUT2D eigenvalue weighted by atomic mass is 9.92. The molecule has 0 radical (unpaired) electrons. The molecule has 2 rings (SSSR count). The first-order valence-corrected chi connectivity index (χ1v) is 7.00. The number of amides is 1. The van der Waals surface area contributed by atoms with E-state index in [9.17, 15) is 23.1 Å². The molecule has 9 heteroatoms. The number of aliphatic hydroxyl groups is 1. The third-order valence-electron chi connectivity index (χ3n) is 3.44. The van der Waals surface area contributed by atoms with Crippen molar-refractivity contribution in [3.8, 4) is 0 Å². The zero-order valence-electron chi connectivity index (χ0n) is 11.5. The Bertz CT molecular complexity index is 538. The molecule has 0 bridgehead atoms. The number of piperidine rings is 1. The molecule has 1 amide bonds. The summed E-state index contributed by atoms with van der Waals surface area (Å²) in [6.07, 6.45) is -3.55. The highest BCUT2D eigenvalue weighted by atomic mass is 35.5. The third kappa shape index (κ3) is 4.08. The van der Waals surface area contributed by atoms with Gasteiger partial charge in [-0.1, -0.05) is 11.6 Å². The van der Waals surface area contributed by atoms with Crippen LogP contribution in [-0.2, 0) is 4.79 Å². The van der Waals surface area contributed by atoms with Crippen molar-refractivity contribution in [1.82, 2.24) is 9.88 Å².